The lowest BCUT2D eigenvalue weighted by Gasteiger charge is -2.34. The van der Waals surface area contributed by atoms with Crippen LogP contribution in [0.5, 0.6) is 0 Å². The normalized spacial score (nSPS) is 18.6. The minimum Gasteiger partial charge on any atom is -0.399 e. The first-order valence-corrected chi connectivity index (χ1v) is 6.82. The first kappa shape index (κ1) is 13.8. The number of hydrogen-bond acceptors (Lipinski definition) is 3. The molecule has 0 amide bonds. The lowest BCUT2D eigenvalue weighted by Crippen LogP contribution is -2.33. The number of halogens is 2. The second-order valence-electron chi connectivity index (χ2n) is 5.14. The van der Waals surface area contributed by atoms with Gasteiger partial charge in [0.25, 0.3) is 0 Å². The zero-order chi connectivity index (χ0) is 13.2. The lowest BCUT2D eigenvalue weighted by atomic mass is 9.82. The summed E-state index contributed by atoms with van der Waals surface area (Å²) in [6, 6.07) is 3.42. The van der Waals surface area contributed by atoms with Crippen molar-refractivity contribution in [3.8, 4) is 0 Å². The largest absolute Gasteiger partial charge is 0.399 e. The highest BCUT2D eigenvalue weighted by Crippen LogP contribution is 2.35. The van der Waals surface area contributed by atoms with Gasteiger partial charge >= 0.3 is 0 Å². The van der Waals surface area contributed by atoms with Crippen molar-refractivity contribution in [2.75, 3.05) is 30.8 Å². The Balaban J connectivity index is 2.06. The summed E-state index contributed by atoms with van der Waals surface area (Å²) < 4.78 is 5.38. The van der Waals surface area contributed by atoms with Gasteiger partial charge in [0.05, 0.1) is 15.7 Å². The summed E-state index contributed by atoms with van der Waals surface area (Å²) in [6.45, 7) is 4.73. The number of nitrogen functional groups attached to an aromatic ring is 1. The van der Waals surface area contributed by atoms with Crippen LogP contribution in [0.15, 0.2) is 12.1 Å². The molecule has 0 saturated carbocycles. The Labute approximate surface area is 118 Å². The van der Waals surface area contributed by atoms with Crippen molar-refractivity contribution in [3.63, 3.8) is 0 Å². The molecule has 1 aromatic carbocycles. The van der Waals surface area contributed by atoms with Gasteiger partial charge < -0.3 is 15.8 Å². The van der Waals surface area contributed by atoms with E-state index in [9.17, 15) is 0 Å². The van der Waals surface area contributed by atoms with Crippen LogP contribution in [-0.4, -0.2) is 19.8 Å². The van der Waals surface area contributed by atoms with E-state index in [0.717, 1.165) is 38.3 Å². The molecule has 1 aliphatic heterocycles. The number of anilines is 2. The van der Waals surface area contributed by atoms with Gasteiger partial charge in [-0.15, -0.1) is 0 Å². The van der Waals surface area contributed by atoms with Crippen molar-refractivity contribution in [1.82, 2.24) is 0 Å². The molecule has 0 aromatic heterocycles. The predicted molar refractivity (Wildman–Crippen MR) is 77.5 cm³/mol. The summed E-state index contributed by atoms with van der Waals surface area (Å²) in [6.07, 6.45) is 2.09. The molecule has 2 rings (SSSR count). The fourth-order valence-corrected chi connectivity index (χ4v) is 2.74. The lowest BCUT2D eigenvalue weighted by molar-refractivity contribution is 0.0300. The van der Waals surface area contributed by atoms with E-state index in [0.29, 0.717) is 15.7 Å². The summed E-state index contributed by atoms with van der Waals surface area (Å²) >= 11 is 12.3. The van der Waals surface area contributed by atoms with Crippen molar-refractivity contribution < 1.29 is 4.74 Å². The maximum absolute atomic E-state index is 6.15. The van der Waals surface area contributed by atoms with Crippen molar-refractivity contribution >= 4 is 34.6 Å². The van der Waals surface area contributed by atoms with Crippen LogP contribution in [-0.2, 0) is 4.74 Å². The Bertz CT molecular complexity index is 408. The minimum absolute atomic E-state index is 0.228. The van der Waals surface area contributed by atoms with E-state index in [1.165, 1.54) is 0 Å². The zero-order valence-electron chi connectivity index (χ0n) is 10.4. The quantitative estimate of drug-likeness (QED) is 0.832. The summed E-state index contributed by atoms with van der Waals surface area (Å²) in [4.78, 5) is 0. The number of nitrogens with two attached hydrogens (primary N) is 1. The molecule has 0 atom stereocenters. The topological polar surface area (TPSA) is 47.3 Å². The van der Waals surface area contributed by atoms with E-state index in [2.05, 4.69) is 12.2 Å². The van der Waals surface area contributed by atoms with Crippen molar-refractivity contribution in [1.29, 1.82) is 0 Å². The molecular weight excluding hydrogens is 271 g/mol. The molecule has 1 aromatic rings. The van der Waals surface area contributed by atoms with Gasteiger partial charge in [0, 0.05) is 25.4 Å². The first-order valence-electron chi connectivity index (χ1n) is 6.06. The second kappa shape index (κ2) is 5.55. The molecule has 1 fully saturated rings. The molecule has 1 aliphatic rings. The van der Waals surface area contributed by atoms with E-state index in [1.54, 1.807) is 12.1 Å². The SMILES string of the molecule is CC1(CNc2c(Cl)cc(N)cc2Cl)CCOCC1. The van der Waals surface area contributed by atoms with Gasteiger partial charge in [-0.05, 0) is 30.4 Å². The zero-order valence-corrected chi connectivity index (χ0v) is 11.9. The van der Waals surface area contributed by atoms with E-state index in [1.807, 2.05) is 0 Å². The molecule has 3 N–H and O–H groups in total. The predicted octanol–water partition coefficient (Wildman–Crippen LogP) is 3.80. The van der Waals surface area contributed by atoms with Gasteiger partial charge in [0.1, 0.15) is 0 Å². The average molecular weight is 289 g/mol. The number of benzene rings is 1. The number of nitrogens with one attached hydrogen (secondary N) is 1. The van der Waals surface area contributed by atoms with E-state index < -0.39 is 0 Å². The Morgan fingerprint density at radius 2 is 1.83 bits per heavy atom. The molecule has 3 nitrogen and oxygen atoms in total. The third-order valence-corrected chi connectivity index (χ3v) is 4.05. The monoisotopic (exact) mass is 288 g/mol. The van der Waals surface area contributed by atoms with Gasteiger partial charge in [0.2, 0.25) is 0 Å². The van der Waals surface area contributed by atoms with Crippen LogP contribution >= 0.6 is 23.2 Å². The van der Waals surface area contributed by atoms with Gasteiger partial charge in [-0.1, -0.05) is 30.1 Å². The summed E-state index contributed by atoms with van der Waals surface area (Å²) in [5.74, 6) is 0. The molecule has 1 heterocycles. The fraction of sp³-hybridized carbons (Fsp3) is 0.538. The van der Waals surface area contributed by atoms with Crippen LogP contribution in [0.4, 0.5) is 11.4 Å². The average Bonchev–Trinajstić information content (AvgIpc) is 2.28. The van der Waals surface area contributed by atoms with Crippen molar-refractivity contribution in [3.05, 3.63) is 22.2 Å². The van der Waals surface area contributed by atoms with E-state index in [4.69, 9.17) is 33.7 Å². The smallest absolute Gasteiger partial charge is 0.0720 e. The molecule has 0 radical (unpaired) electrons. The van der Waals surface area contributed by atoms with Crippen molar-refractivity contribution in [2.24, 2.45) is 5.41 Å². The van der Waals surface area contributed by atoms with Crippen LogP contribution in [0, 0.1) is 5.41 Å². The molecule has 0 spiro atoms. The second-order valence-corrected chi connectivity index (χ2v) is 5.95. The molecule has 0 unspecified atom stereocenters. The Hall–Kier alpha value is -0.640. The number of rotatable bonds is 3. The third kappa shape index (κ3) is 3.22. The summed E-state index contributed by atoms with van der Waals surface area (Å²) in [7, 11) is 0. The Kier molecular flexibility index (Phi) is 4.25. The highest BCUT2D eigenvalue weighted by atomic mass is 35.5. The van der Waals surface area contributed by atoms with Gasteiger partial charge in [-0.2, -0.15) is 0 Å². The van der Waals surface area contributed by atoms with Gasteiger partial charge in [-0.3, -0.25) is 0 Å². The standard InChI is InChI=1S/C13H18Cl2N2O/c1-13(2-4-18-5-3-13)8-17-12-10(14)6-9(16)7-11(12)15/h6-7,17H,2-5,8,16H2,1H3. The molecule has 18 heavy (non-hydrogen) atoms. The van der Waals surface area contributed by atoms with Crippen LogP contribution in [0.2, 0.25) is 10.0 Å². The first-order chi connectivity index (χ1) is 8.50. The number of hydrogen-bond donors (Lipinski definition) is 2. The minimum atomic E-state index is 0.228. The Morgan fingerprint density at radius 3 is 2.39 bits per heavy atom. The summed E-state index contributed by atoms with van der Waals surface area (Å²) in [5.41, 5.74) is 7.25. The molecular formula is C13H18Cl2N2O. The molecule has 1 saturated heterocycles. The van der Waals surface area contributed by atoms with E-state index in [-0.39, 0.29) is 5.41 Å². The summed E-state index contributed by atoms with van der Waals surface area (Å²) in [5, 5.41) is 4.47. The van der Waals surface area contributed by atoms with Crippen LogP contribution in [0.3, 0.4) is 0 Å². The molecule has 100 valence electrons. The fourth-order valence-electron chi connectivity index (χ4n) is 2.10. The van der Waals surface area contributed by atoms with Crippen LogP contribution < -0.4 is 11.1 Å². The molecule has 0 aliphatic carbocycles. The maximum atomic E-state index is 6.15. The van der Waals surface area contributed by atoms with Gasteiger partial charge in [0.15, 0.2) is 0 Å². The highest BCUT2D eigenvalue weighted by Gasteiger charge is 2.27. The number of ether oxygens (including phenoxy) is 1. The molecule has 5 heteroatoms. The van der Waals surface area contributed by atoms with Crippen LogP contribution in [0.1, 0.15) is 19.8 Å². The van der Waals surface area contributed by atoms with E-state index >= 15 is 0 Å². The Morgan fingerprint density at radius 1 is 1.28 bits per heavy atom. The van der Waals surface area contributed by atoms with Gasteiger partial charge in [-0.25, -0.2) is 0 Å². The maximum Gasteiger partial charge on any atom is 0.0720 e. The third-order valence-electron chi connectivity index (χ3n) is 3.46. The molecule has 0 bridgehead atoms. The highest BCUT2D eigenvalue weighted by molar-refractivity contribution is 6.39. The van der Waals surface area contributed by atoms with Crippen molar-refractivity contribution in [2.45, 2.75) is 19.8 Å². The van der Waals surface area contributed by atoms with Crippen LogP contribution in [0.25, 0.3) is 0 Å².